The van der Waals surface area contributed by atoms with Crippen LogP contribution in [0.3, 0.4) is 0 Å². The molecule has 6 nitrogen and oxygen atoms in total. The second-order valence-electron chi connectivity index (χ2n) is 17.7. The van der Waals surface area contributed by atoms with E-state index in [-0.39, 0.29) is 31.1 Å². The van der Waals surface area contributed by atoms with E-state index in [1.807, 2.05) is 0 Å². The van der Waals surface area contributed by atoms with Gasteiger partial charge in [-0.25, -0.2) is 0 Å². The second-order valence-corrected chi connectivity index (χ2v) is 17.7. The fourth-order valence-corrected chi connectivity index (χ4v) is 7.28. The molecule has 0 rings (SSSR count). The molecule has 0 aromatic heterocycles. The van der Waals surface area contributed by atoms with Gasteiger partial charge in [-0.2, -0.15) is 0 Å². The Morgan fingerprint density at radius 2 is 0.600 bits per heavy atom. The number of hydrogen-bond acceptors (Lipinski definition) is 6. The monoisotopic (exact) mass is 779 g/mol. The predicted molar refractivity (Wildman–Crippen MR) is 233 cm³/mol. The Balaban J connectivity index is 4.08. The maximum Gasteiger partial charge on any atom is 0.306 e. The van der Waals surface area contributed by atoms with Gasteiger partial charge in [0.05, 0.1) is 0 Å². The van der Waals surface area contributed by atoms with Crippen LogP contribution in [0.2, 0.25) is 0 Å². The number of unbranched alkanes of at least 4 members (excludes halogenated alkanes) is 28. The summed E-state index contributed by atoms with van der Waals surface area (Å²) in [6.07, 6.45) is 41.3. The third-order valence-corrected chi connectivity index (χ3v) is 11.0. The van der Waals surface area contributed by atoms with Gasteiger partial charge in [-0.15, -0.1) is 0 Å². The molecule has 326 valence electrons. The van der Waals surface area contributed by atoms with Crippen molar-refractivity contribution in [3.8, 4) is 0 Å². The van der Waals surface area contributed by atoms with Gasteiger partial charge in [0.2, 0.25) is 0 Å². The van der Waals surface area contributed by atoms with E-state index in [1.165, 1.54) is 148 Å². The van der Waals surface area contributed by atoms with Crippen molar-refractivity contribution in [2.24, 2.45) is 11.8 Å². The standard InChI is InChI=1S/C49H94O6/c1-6-7-8-27-34-39-47(50)53-42-46(43-54-48(51)40-35-30-25-22-21-24-29-33-38-45(4)5)55-49(52)41-36-31-26-20-18-16-14-12-10-9-11-13-15-17-19-23-28-32-37-44(2)3/h44-46H,6-43H2,1-5H3/t46-/m0/s1. The van der Waals surface area contributed by atoms with Gasteiger partial charge < -0.3 is 14.2 Å². The van der Waals surface area contributed by atoms with Crippen LogP contribution in [0.15, 0.2) is 0 Å². The number of ether oxygens (including phenoxy) is 3. The molecule has 55 heavy (non-hydrogen) atoms. The highest BCUT2D eigenvalue weighted by molar-refractivity contribution is 5.71. The van der Waals surface area contributed by atoms with E-state index < -0.39 is 6.10 Å². The first-order chi connectivity index (χ1) is 26.7. The smallest absolute Gasteiger partial charge is 0.306 e. The van der Waals surface area contributed by atoms with E-state index in [4.69, 9.17) is 14.2 Å². The third kappa shape index (κ3) is 43.4. The van der Waals surface area contributed by atoms with Crippen LogP contribution >= 0.6 is 0 Å². The normalized spacial score (nSPS) is 12.1. The van der Waals surface area contributed by atoms with Crippen LogP contribution in [0.5, 0.6) is 0 Å². The van der Waals surface area contributed by atoms with E-state index >= 15 is 0 Å². The molecule has 0 N–H and O–H groups in total. The summed E-state index contributed by atoms with van der Waals surface area (Å²) in [6.45, 7) is 11.3. The lowest BCUT2D eigenvalue weighted by molar-refractivity contribution is -0.167. The Morgan fingerprint density at radius 3 is 0.891 bits per heavy atom. The first-order valence-corrected chi connectivity index (χ1v) is 24.2. The van der Waals surface area contributed by atoms with E-state index in [1.54, 1.807) is 0 Å². The van der Waals surface area contributed by atoms with Gasteiger partial charge in [-0.1, -0.05) is 227 Å². The molecule has 0 saturated carbocycles. The van der Waals surface area contributed by atoms with Crippen LogP contribution in [0.1, 0.15) is 266 Å². The summed E-state index contributed by atoms with van der Waals surface area (Å²) in [5, 5.41) is 0. The first-order valence-electron chi connectivity index (χ1n) is 24.2. The number of hydrogen-bond donors (Lipinski definition) is 0. The fourth-order valence-electron chi connectivity index (χ4n) is 7.28. The number of carbonyl (C=O) groups excluding carboxylic acids is 3. The minimum Gasteiger partial charge on any atom is -0.462 e. The van der Waals surface area contributed by atoms with Crippen molar-refractivity contribution in [3.05, 3.63) is 0 Å². The zero-order valence-electron chi connectivity index (χ0n) is 37.6. The highest BCUT2D eigenvalue weighted by atomic mass is 16.6. The Bertz CT molecular complexity index is 839. The summed E-state index contributed by atoms with van der Waals surface area (Å²) in [4.78, 5) is 37.5. The molecular formula is C49H94O6. The van der Waals surface area contributed by atoms with Crippen LogP contribution in [-0.2, 0) is 28.6 Å². The van der Waals surface area contributed by atoms with Crippen LogP contribution in [0, 0.1) is 11.8 Å². The summed E-state index contributed by atoms with van der Waals surface area (Å²) in [5.41, 5.74) is 0. The molecule has 0 aromatic carbocycles. The van der Waals surface area contributed by atoms with Crippen molar-refractivity contribution in [1.29, 1.82) is 0 Å². The van der Waals surface area contributed by atoms with Gasteiger partial charge in [0.1, 0.15) is 13.2 Å². The van der Waals surface area contributed by atoms with Gasteiger partial charge in [-0.05, 0) is 31.1 Å². The highest BCUT2D eigenvalue weighted by Gasteiger charge is 2.19. The maximum atomic E-state index is 12.7. The number of esters is 3. The molecule has 0 aromatic rings. The van der Waals surface area contributed by atoms with Crippen molar-refractivity contribution in [2.45, 2.75) is 272 Å². The van der Waals surface area contributed by atoms with E-state index in [9.17, 15) is 14.4 Å². The molecule has 0 heterocycles. The molecule has 0 bridgehead atoms. The number of carbonyl (C=O) groups is 3. The zero-order valence-corrected chi connectivity index (χ0v) is 37.6. The molecule has 0 spiro atoms. The second kappa shape index (κ2) is 42.0. The molecule has 0 aliphatic carbocycles. The maximum absolute atomic E-state index is 12.7. The fraction of sp³-hybridized carbons (Fsp3) is 0.939. The first kappa shape index (κ1) is 53.4. The summed E-state index contributed by atoms with van der Waals surface area (Å²) >= 11 is 0. The Kier molecular flexibility index (Phi) is 40.8. The molecule has 0 fully saturated rings. The summed E-state index contributed by atoms with van der Waals surface area (Å²) < 4.78 is 16.6. The third-order valence-electron chi connectivity index (χ3n) is 11.0. The average molecular weight is 779 g/mol. The molecule has 0 unspecified atom stereocenters. The Morgan fingerprint density at radius 1 is 0.345 bits per heavy atom. The van der Waals surface area contributed by atoms with Gasteiger partial charge in [0.25, 0.3) is 0 Å². The highest BCUT2D eigenvalue weighted by Crippen LogP contribution is 2.17. The van der Waals surface area contributed by atoms with E-state index in [0.717, 1.165) is 76.0 Å². The molecule has 0 aliphatic rings. The van der Waals surface area contributed by atoms with E-state index in [0.29, 0.717) is 19.3 Å². The summed E-state index contributed by atoms with van der Waals surface area (Å²) in [7, 11) is 0. The topological polar surface area (TPSA) is 78.9 Å². The van der Waals surface area contributed by atoms with Crippen LogP contribution in [0.25, 0.3) is 0 Å². The minimum atomic E-state index is -0.759. The SMILES string of the molecule is CCCCCCCC(=O)OC[C@@H](COC(=O)CCCCCCCCCCC(C)C)OC(=O)CCCCCCCCCCCCCCCCCCCCC(C)C. The quantitative estimate of drug-likeness (QED) is 0.0348. The molecule has 1 atom stereocenters. The molecule has 0 amide bonds. The van der Waals surface area contributed by atoms with Gasteiger partial charge in [-0.3, -0.25) is 14.4 Å². The lowest BCUT2D eigenvalue weighted by atomic mass is 10.0. The van der Waals surface area contributed by atoms with Crippen molar-refractivity contribution in [3.63, 3.8) is 0 Å². The van der Waals surface area contributed by atoms with Crippen molar-refractivity contribution >= 4 is 17.9 Å². The molecule has 0 saturated heterocycles. The Labute approximate surface area is 342 Å². The lowest BCUT2D eigenvalue weighted by Gasteiger charge is -2.18. The average Bonchev–Trinajstić information content (AvgIpc) is 3.15. The van der Waals surface area contributed by atoms with Crippen molar-refractivity contribution in [1.82, 2.24) is 0 Å². The molecule has 6 heteroatoms. The van der Waals surface area contributed by atoms with Gasteiger partial charge in [0, 0.05) is 19.3 Å². The predicted octanol–water partition coefficient (Wildman–Crippen LogP) is 15.4. The van der Waals surface area contributed by atoms with Gasteiger partial charge >= 0.3 is 17.9 Å². The lowest BCUT2D eigenvalue weighted by Crippen LogP contribution is -2.30. The van der Waals surface area contributed by atoms with Crippen LogP contribution in [-0.4, -0.2) is 37.2 Å². The minimum absolute atomic E-state index is 0.0660. The molecule has 0 radical (unpaired) electrons. The Hall–Kier alpha value is -1.59. The molecular weight excluding hydrogens is 685 g/mol. The van der Waals surface area contributed by atoms with Crippen molar-refractivity contribution in [2.75, 3.05) is 13.2 Å². The van der Waals surface area contributed by atoms with Gasteiger partial charge in [0.15, 0.2) is 6.10 Å². The van der Waals surface area contributed by atoms with Crippen molar-refractivity contribution < 1.29 is 28.6 Å². The summed E-state index contributed by atoms with van der Waals surface area (Å²) in [5.74, 6) is 0.786. The van der Waals surface area contributed by atoms with E-state index in [2.05, 4.69) is 34.6 Å². The number of rotatable bonds is 43. The zero-order chi connectivity index (χ0) is 40.5. The molecule has 0 aliphatic heterocycles. The van der Waals surface area contributed by atoms with Crippen LogP contribution < -0.4 is 0 Å². The largest absolute Gasteiger partial charge is 0.462 e. The van der Waals surface area contributed by atoms with Crippen LogP contribution in [0.4, 0.5) is 0 Å². The summed E-state index contributed by atoms with van der Waals surface area (Å²) in [6, 6.07) is 0.